The molecule has 0 atom stereocenters. The summed E-state index contributed by atoms with van der Waals surface area (Å²) in [5, 5.41) is 0. The maximum atomic E-state index is 4.27. The van der Waals surface area contributed by atoms with Gasteiger partial charge in [0, 0.05) is 16.9 Å². The molecule has 0 spiro atoms. The molecule has 0 radical (unpaired) electrons. The fourth-order valence-corrected chi connectivity index (χ4v) is 1.56. The minimum Gasteiger partial charge on any atom is -0.255 e. The second kappa shape index (κ2) is 3.92. The minimum absolute atomic E-state index is 0.892. The SMILES string of the molecule is Bc1ccnc(-c2cc(Br)ccn2)c1. The lowest BCUT2D eigenvalue weighted by atomic mass is 9.96. The molecule has 14 heavy (non-hydrogen) atoms. The van der Waals surface area contributed by atoms with Gasteiger partial charge in [-0.3, -0.25) is 9.97 Å². The summed E-state index contributed by atoms with van der Waals surface area (Å²) < 4.78 is 1.02. The van der Waals surface area contributed by atoms with Gasteiger partial charge in [-0.05, 0) is 18.2 Å². The van der Waals surface area contributed by atoms with E-state index in [1.165, 1.54) is 5.46 Å². The highest BCUT2D eigenvalue weighted by molar-refractivity contribution is 9.10. The number of hydrogen-bond acceptors (Lipinski definition) is 2. The van der Waals surface area contributed by atoms with Crippen molar-refractivity contribution in [1.82, 2.24) is 9.97 Å². The van der Waals surface area contributed by atoms with Crippen molar-refractivity contribution >= 4 is 29.2 Å². The molecule has 0 unspecified atom stereocenters. The molecular formula is C10H8BBrN2. The zero-order valence-electron chi connectivity index (χ0n) is 7.74. The molecule has 0 aromatic carbocycles. The van der Waals surface area contributed by atoms with E-state index in [0.29, 0.717) is 0 Å². The Balaban J connectivity index is 2.49. The van der Waals surface area contributed by atoms with Gasteiger partial charge in [0.2, 0.25) is 0 Å². The summed E-state index contributed by atoms with van der Waals surface area (Å²) in [5.41, 5.74) is 2.99. The summed E-state index contributed by atoms with van der Waals surface area (Å²) in [7, 11) is 2.04. The van der Waals surface area contributed by atoms with Gasteiger partial charge in [0.15, 0.2) is 0 Å². The van der Waals surface area contributed by atoms with Crippen molar-refractivity contribution < 1.29 is 0 Å². The summed E-state index contributed by atoms with van der Waals surface area (Å²) >= 11 is 3.41. The molecule has 2 heterocycles. The Kier molecular flexibility index (Phi) is 2.63. The Morgan fingerprint density at radius 3 is 2.29 bits per heavy atom. The summed E-state index contributed by atoms with van der Waals surface area (Å²) in [4.78, 5) is 8.53. The molecule has 4 heteroatoms. The largest absolute Gasteiger partial charge is 0.255 e. The number of aromatic nitrogens is 2. The number of hydrogen-bond donors (Lipinski definition) is 0. The molecular weight excluding hydrogens is 239 g/mol. The van der Waals surface area contributed by atoms with Crippen molar-refractivity contribution in [2.24, 2.45) is 0 Å². The Labute approximate surface area is 91.9 Å². The average molecular weight is 247 g/mol. The van der Waals surface area contributed by atoms with Gasteiger partial charge in [-0.1, -0.05) is 27.5 Å². The van der Waals surface area contributed by atoms with E-state index in [0.717, 1.165) is 15.9 Å². The van der Waals surface area contributed by atoms with Gasteiger partial charge in [-0.15, -0.1) is 0 Å². The van der Waals surface area contributed by atoms with Gasteiger partial charge in [0.05, 0.1) is 11.4 Å². The van der Waals surface area contributed by atoms with Gasteiger partial charge in [0.25, 0.3) is 0 Å². The first-order valence-corrected chi connectivity index (χ1v) is 5.09. The van der Waals surface area contributed by atoms with Crippen molar-refractivity contribution in [1.29, 1.82) is 0 Å². The summed E-state index contributed by atoms with van der Waals surface area (Å²) in [6.07, 6.45) is 3.57. The van der Waals surface area contributed by atoms with Crippen LogP contribution in [0, 0.1) is 0 Å². The molecule has 0 fully saturated rings. The highest BCUT2D eigenvalue weighted by Crippen LogP contribution is 2.17. The zero-order valence-corrected chi connectivity index (χ0v) is 9.32. The molecule has 0 bridgehead atoms. The predicted octanol–water partition coefficient (Wildman–Crippen LogP) is 1.16. The van der Waals surface area contributed by atoms with E-state index in [1.54, 1.807) is 12.4 Å². The first kappa shape index (κ1) is 9.40. The average Bonchev–Trinajstić information content (AvgIpc) is 2.18. The molecule has 68 valence electrons. The van der Waals surface area contributed by atoms with Crippen molar-refractivity contribution in [2.45, 2.75) is 0 Å². The highest BCUT2D eigenvalue weighted by Gasteiger charge is 2.00. The highest BCUT2D eigenvalue weighted by atomic mass is 79.9. The quantitative estimate of drug-likeness (QED) is 0.706. The van der Waals surface area contributed by atoms with Gasteiger partial charge >= 0.3 is 0 Å². The maximum absolute atomic E-state index is 4.27. The molecule has 0 aliphatic carbocycles. The van der Waals surface area contributed by atoms with Crippen LogP contribution in [0.3, 0.4) is 0 Å². The maximum Gasteiger partial charge on any atom is 0.139 e. The molecule has 2 nitrogen and oxygen atoms in total. The second-order valence-electron chi connectivity index (χ2n) is 3.08. The molecule has 2 aromatic heterocycles. The van der Waals surface area contributed by atoms with Crippen molar-refractivity contribution in [3.05, 3.63) is 41.1 Å². The van der Waals surface area contributed by atoms with Crippen LogP contribution in [-0.2, 0) is 0 Å². The topological polar surface area (TPSA) is 25.8 Å². The third-order valence-electron chi connectivity index (χ3n) is 1.90. The Morgan fingerprint density at radius 2 is 1.64 bits per heavy atom. The second-order valence-corrected chi connectivity index (χ2v) is 3.99. The van der Waals surface area contributed by atoms with Crippen LogP contribution in [0.15, 0.2) is 41.1 Å². The molecule has 0 aliphatic heterocycles. The van der Waals surface area contributed by atoms with Crippen LogP contribution in [0.1, 0.15) is 0 Å². The van der Waals surface area contributed by atoms with Crippen molar-refractivity contribution in [2.75, 3.05) is 0 Å². The summed E-state index contributed by atoms with van der Waals surface area (Å²) in [6, 6.07) is 7.86. The third kappa shape index (κ3) is 2.01. The van der Waals surface area contributed by atoms with E-state index in [9.17, 15) is 0 Å². The monoisotopic (exact) mass is 246 g/mol. The van der Waals surface area contributed by atoms with E-state index in [-0.39, 0.29) is 0 Å². The van der Waals surface area contributed by atoms with Crippen molar-refractivity contribution in [3.8, 4) is 11.4 Å². The van der Waals surface area contributed by atoms with Crippen LogP contribution < -0.4 is 5.46 Å². The summed E-state index contributed by atoms with van der Waals surface area (Å²) in [6.45, 7) is 0. The summed E-state index contributed by atoms with van der Waals surface area (Å²) in [5.74, 6) is 0. The smallest absolute Gasteiger partial charge is 0.139 e. The predicted molar refractivity (Wildman–Crippen MR) is 63.3 cm³/mol. The molecule has 0 aliphatic rings. The van der Waals surface area contributed by atoms with Crippen molar-refractivity contribution in [3.63, 3.8) is 0 Å². The first-order valence-electron chi connectivity index (χ1n) is 4.30. The number of halogens is 1. The molecule has 2 aromatic rings. The fourth-order valence-electron chi connectivity index (χ4n) is 1.22. The van der Waals surface area contributed by atoms with Gasteiger partial charge < -0.3 is 0 Å². The third-order valence-corrected chi connectivity index (χ3v) is 2.39. The van der Waals surface area contributed by atoms with Crippen LogP contribution in [0.5, 0.6) is 0 Å². The molecule has 0 amide bonds. The Bertz CT molecular complexity index is 416. The van der Waals surface area contributed by atoms with Crippen LogP contribution in [0.4, 0.5) is 0 Å². The van der Waals surface area contributed by atoms with Gasteiger partial charge in [-0.2, -0.15) is 0 Å². The number of nitrogens with zero attached hydrogens (tertiary/aromatic N) is 2. The van der Waals surface area contributed by atoms with E-state index < -0.39 is 0 Å². The van der Waals surface area contributed by atoms with Crippen LogP contribution in [-0.4, -0.2) is 17.8 Å². The fraction of sp³-hybridized carbons (Fsp3) is 0. The molecule has 2 rings (SSSR count). The first-order chi connectivity index (χ1) is 6.75. The lowest BCUT2D eigenvalue weighted by Crippen LogP contribution is -2.02. The normalized spacial score (nSPS) is 10.1. The Morgan fingerprint density at radius 1 is 1.00 bits per heavy atom. The molecule has 0 saturated heterocycles. The lowest BCUT2D eigenvalue weighted by molar-refractivity contribution is 1.25. The molecule has 0 saturated carbocycles. The van der Waals surface area contributed by atoms with Gasteiger partial charge in [0.1, 0.15) is 7.85 Å². The lowest BCUT2D eigenvalue weighted by Gasteiger charge is -2.00. The molecule has 0 N–H and O–H groups in total. The van der Waals surface area contributed by atoms with Gasteiger partial charge in [-0.25, -0.2) is 0 Å². The Hall–Kier alpha value is -1.16. The van der Waals surface area contributed by atoms with Crippen LogP contribution in [0.2, 0.25) is 0 Å². The minimum atomic E-state index is 0.892. The number of pyridine rings is 2. The van der Waals surface area contributed by atoms with E-state index in [1.807, 2.05) is 32.1 Å². The van der Waals surface area contributed by atoms with E-state index in [2.05, 4.69) is 25.9 Å². The standard InChI is InChI=1S/C10H8BBrN2/c11-7-1-3-13-9(5-7)10-6-8(12)2-4-14-10/h1-6H,11H2. The zero-order chi connectivity index (χ0) is 9.97. The van der Waals surface area contributed by atoms with E-state index >= 15 is 0 Å². The van der Waals surface area contributed by atoms with Crippen LogP contribution >= 0.6 is 15.9 Å². The van der Waals surface area contributed by atoms with Crippen LogP contribution in [0.25, 0.3) is 11.4 Å². The van der Waals surface area contributed by atoms with E-state index in [4.69, 9.17) is 0 Å². The number of rotatable bonds is 1.